The van der Waals surface area contributed by atoms with Gasteiger partial charge in [-0.25, -0.2) is 0 Å². The zero-order chi connectivity index (χ0) is 28.6. The van der Waals surface area contributed by atoms with Gasteiger partial charge in [-0.2, -0.15) is 5.26 Å². The smallest absolute Gasteiger partial charge is 0.236 e. The maximum Gasteiger partial charge on any atom is 0.236 e. The van der Waals surface area contributed by atoms with Gasteiger partial charge in [-0.15, -0.1) is 20.4 Å². The van der Waals surface area contributed by atoms with Crippen molar-refractivity contribution in [2.45, 2.75) is 43.9 Å². The monoisotopic (exact) mass is 594 g/mol. The highest BCUT2D eigenvalue weighted by molar-refractivity contribution is 8.01. The number of nitrogens with two attached hydrogens (primary N) is 1. The number of para-hydroxylation sites is 1. The topological polar surface area (TPSA) is 160 Å². The number of thioether (sulfide) groups is 1. The SMILES string of the molecule is COc1ccccc1C1C(C#N)=C(N)N(c2nnc(SCC(=O)Nc3nnc(C)s3)s2)C2=C1C(=O)CC(C)(C)C2. The lowest BCUT2D eigenvalue weighted by Crippen LogP contribution is -2.42. The first-order valence-corrected chi connectivity index (χ1v) is 14.9. The summed E-state index contributed by atoms with van der Waals surface area (Å²) < 4.78 is 6.14. The van der Waals surface area contributed by atoms with Gasteiger partial charge in [0.25, 0.3) is 0 Å². The third-order valence-electron chi connectivity index (χ3n) is 6.52. The third kappa shape index (κ3) is 5.32. The van der Waals surface area contributed by atoms with Gasteiger partial charge in [0.15, 0.2) is 10.1 Å². The molecule has 2 aliphatic rings. The van der Waals surface area contributed by atoms with E-state index < -0.39 is 5.92 Å². The lowest BCUT2D eigenvalue weighted by molar-refractivity contribution is -0.118. The van der Waals surface area contributed by atoms with Crippen molar-refractivity contribution in [2.24, 2.45) is 11.1 Å². The van der Waals surface area contributed by atoms with Crippen LogP contribution in [-0.2, 0) is 9.59 Å². The van der Waals surface area contributed by atoms with Crippen LogP contribution < -0.4 is 20.7 Å². The fourth-order valence-electron chi connectivity index (χ4n) is 4.92. The Morgan fingerprint density at radius 1 is 1.25 bits per heavy atom. The first-order valence-electron chi connectivity index (χ1n) is 12.3. The van der Waals surface area contributed by atoms with Crippen molar-refractivity contribution < 1.29 is 14.3 Å². The van der Waals surface area contributed by atoms with Crippen LogP contribution >= 0.6 is 34.4 Å². The minimum Gasteiger partial charge on any atom is -0.496 e. The molecule has 11 nitrogen and oxygen atoms in total. The van der Waals surface area contributed by atoms with Crippen molar-refractivity contribution in [1.29, 1.82) is 5.26 Å². The van der Waals surface area contributed by atoms with Crippen molar-refractivity contribution in [3.05, 3.63) is 57.5 Å². The molecular weight excluding hydrogens is 569 g/mol. The summed E-state index contributed by atoms with van der Waals surface area (Å²) in [5.41, 5.74) is 8.54. The van der Waals surface area contributed by atoms with Gasteiger partial charge in [0.2, 0.25) is 16.2 Å². The van der Waals surface area contributed by atoms with E-state index in [1.54, 1.807) is 18.1 Å². The van der Waals surface area contributed by atoms with E-state index in [0.717, 1.165) is 5.01 Å². The fraction of sp³-hybridized carbons (Fsp3) is 0.346. The second-order valence-electron chi connectivity index (χ2n) is 10.0. The molecule has 0 radical (unpaired) electrons. The average molecular weight is 595 g/mol. The highest BCUT2D eigenvalue weighted by Gasteiger charge is 2.46. The third-order valence-corrected chi connectivity index (χ3v) is 9.31. The molecule has 2 aromatic heterocycles. The van der Waals surface area contributed by atoms with Gasteiger partial charge in [-0.1, -0.05) is 66.5 Å². The zero-order valence-corrected chi connectivity index (χ0v) is 24.7. The lowest BCUT2D eigenvalue weighted by atomic mass is 9.68. The minimum absolute atomic E-state index is 0.0462. The van der Waals surface area contributed by atoms with Crippen molar-refractivity contribution in [2.75, 3.05) is 23.1 Å². The molecule has 206 valence electrons. The Morgan fingerprint density at radius 3 is 2.73 bits per heavy atom. The van der Waals surface area contributed by atoms with Crippen LogP contribution in [0.25, 0.3) is 0 Å². The van der Waals surface area contributed by atoms with E-state index in [9.17, 15) is 14.9 Å². The van der Waals surface area contributed by atoms with E-state index in [0.29, 0.717) is 50.0 Å². The molecule has 1 unspecified atom stereocenters. The number of nitrogens with zero attached hydrogens (tertiary/aromatic N) is 6. The molecule has 40 heavy (non-hydrogen) atoms. The van der Waals surface area contributed by atoms with Crippen molar-refractivity contribution in [3.63, 3.8) is 0 Å². The van der Waals surface area contributed by atoms with Crippen LogP contribution in [0.1, 0.15) is 43.2 Å². The molecule has 0 saturated heterocycles. The number of rotatable bonds is 7. The Balaban J connectivity index is 1.50. The number of Topliss-reactive ketones (excluding diaryl/α,β-unsaturated/α-hetero) is 1. The summed E-state index contributed by atoms with van der Waals surface area (Å²) in [6.45, 7) is 5.87. The number of nitrogens with one attached hydrogen (secondary N) is 1. The maximum absolute atomic E-state index is 13.7. The number of ketones is 1. The van der Waals surface area contributed by atoms with Crippen LogP contribution in [0.15, 0.2) is 51.3 Å². The van der Waals surface area contributed by atoms with Crippen LogP contribution in [0.3, 0.4) is 0 Å². The largest absolute Gasteiger partial charge is 0.496 e. The van der Waals surface area contributed by atoms with Crippen LogP contribution in [0.5, 0.6) is 5.75 Å². The van der Waals surface area contributed by atoms with E-state index in [1.807, 2.05) is 39.0 Å². The number of anilines is 2. The Morgan fingerprint density at radius 2 is 2.02 bits per heavy atom. The second kappa shape index (κ2) is 11.0. The normalized spacial score (nSPS) is 18.4. The summed E-state index contributed by atoms with van der Waals surface area (Å²) >= 11 is 3.75. The lowest BCUT2D eigenvalue weighted by Gasteiger charge is -2.42. The quantitative estimate of drug-likeness (QED) is 0.374. The molecule has 3 aromatic rings. The first kappa shape index (κ1) is 27.8. The van der Waals surface area contributed by atoms with Crippen LogP contribution in [0.2, 0.25) is 0 Å². The minimum atomic E-state index is -0.662. The number of carbonyl (C=O) groups excluding carboxylic acids is 2. The van der Waals surface area contributed by atoms with Crippen LogP contribution in [-0.4, -0.2) is 44.9 Å². The van der Waals surface area contributed by atoms with E-state index in [1.165, 1.54) is 34.4 Å². The van der Waals surface area contributed by atoms with Gasteiger partial charge in [0.1, 0.15) is 16.6 Å². The summed E-state index contributed by atoms with van der Waals surface area (Å²) in [6, 6.07) is 9.61. The van der Waals surface area contributed by atoms with E-state index in [2.05, 4.69) is 31.8 Å². The van der Waals surface area contributed by atoms with Gasteiger partial charge in [-0.3, -0.25) is 19.8 Å². The van der Waals surface area contributed by atoms with Crippen LogP contribution in [0.4, 0.5) is 10.3 Å². The molecule has 1 aliphatic carbocycles. The highest BCUT2D eigenvalue weighted by Crippen LogP contribution is 2.51. The number of methoxy groups -OCH3 is 1. The number of hydrogen-bond donors (Lipinski definition) is 2. The number of allylic oxidation sites excluding steroid dienone is 3. The Hall–Kier alpha value is -3.80. The van der Waals surface area contributed by atoms with E-state index in [-0.39, 0.29) is 34.3 Å². The maximum atomic E-state index is 13.7. The summed E-state index contributed by atoms with van der Waals surface area (Å²) in [5, 5.41) is 31.0. The molecule has 1 aromatic carbocycles. The van der Waals surface area contributed by atoms with Crippen molar-refractivity contribution in [3.8, 4) is 11.8 Å². The summed E-state index contributed by atoms with van der Waals surface area (Å²) in [7, 11) is 1.56. The molecule has 0 bridgehead atoms. The van der Waals surface area contributed by atoms with Gasteiger partial charge in [-0.05, 0) is 24.8 Å². The fourth-order valence-corrected chi connectivity index (χ4v) is 7.21. The Kier molecular flexibility index (Phi) is 7.63. The Bertz CT molecular complexity index is 1600. The van der Waals surface area contributed by atoms with Gasteiger partial charge in [0, 0.05) is 23.3 Å². The molecule has 5 rings (SSSR count). The van der Waals surface area contributed by atoms with Crippen LogP contribution in [0, 0.1) is 23.7 Å². The first-order chi connectivity index (χ1) is 19.1. The van der Waals surface area contributed by atoms with E-state index >= 15 is 0 Å². The molecule has 1 atom stereocenters. The Labute approximate surface area is 243 Å². The zero-order valence-electron chi connectivity index (χ0n) is 22.2. The van der Waals surface area contributed by atoms with Gasteiger partial charge >= 0.3 is 0 Å². The number of benzene rings is 1. The molecule has 0 spiro atoms. The molecule has 3 N–H and O–H groups in total. The summed E-state index contributed by atoms with van der Waals surface area (Å²) in [5.74, 6) is -0.0913. The van der Waals surface area contributed by atoms with Crippen molar-refractivity contribution in [1.82, 2.24) is 20.4 Å². The van der Waals surface area contributed by atoms with Gasteiger partial charge < -0.3 is 10.5 Å². The van der Waals surface area contributed by atoms with E-state index in [4.69, 9.17) is 10.5 Å². The molecule has 3 heterocycles. The predicted octanol–water partition coefficient (Wildman–Crippen LogP) is 4.38. The number of hydrogen-bond acceptors (Lipinski definition) is 13. The standard InChI is InChI=1S/C26H26N8O3S3/c1-13-30-31-23(39-13)29-19(36)12-38-25-33-32-24(40-25)34-16-9-26(2,3)10-17(35)21(16)20(15(11-27)22(34)28)14-7-5-6-8-18(14)37-4/h5-8,20H,9-10,12,28H2,1-4H3,(H,29,31,36). The molecule has 14 heteroatoms. The molecule has 1 amide bonds. The number of nitriles is 1. The molecule has 1 aliphatic heterocycles. The molecule has 0 fully saturated rings. The van der Waals surface area contributed by atoms with Crippen molar-refractivity contribution >= 4 is 56.4 Å². The number of amides is 1. The number of carbonyl (C=O) groups is 2. The number of aromatic nitrogens is 4. The molecular formula is C26H26N8O3S3. The van der Waals surface area contributed by atoms with Gasteiger partial charge in [0.05, 0.1) is 30.4 Å². The summed E-state index contributed by atoms with van der Waals surface area (Å²) in [4.78, 5) is 27.8. The predicted molar refractivity (Wildman–Crippen MR) is 154 cm³/mol. The average Bonchev–Trinajstić information content (AvgIpc) is 3.54. The second-order valence-corrected chi connectivity index (χ2v) is 13.4. The molecule has 0 saturated carbocycles. The highest BCUT2D eigenvalue weighted by atomic mass is 32.2. The summed E-state index contributed by atoms with van der Waals surface area (Å²) in [6.07, 6.45) is 0.884. The number of ether oxygens (including phenoxy) is 1. The number of aryl methyl sites for hydroxylation is 1.